The van der Waals surface area contributed by atoms with Crippen molar-refractivity contribution in [2.75, 3.05) is 25.5 Å². The zero-order chi connectivity index (χ0) is 23.8. The number of sulfonamides is 1. The monoisotopic (exact) mass is 478 g/mol. The van der Waals surface area contributed by atoms with Crippen LogP contribution in [0.3, 0.4) is 0 Å². The third kappa shape index (κ3) is 3.92. The van der Waals surface area contributed by atoms with Gasteiger partial charge in [0.1, 0.15) is 10.6 Å². The van der Waals surface area contributed by atoms with E-state index in [2.05, 4.69) is 0 Å². The number of anilines is 1. The van der Waals surface area contributed by atoms with E-state index in [1.807, 2.05) is 6.07 Å². The Hall–Kier alpha value is -3.08. The number of aromatic nitrogens is 2. The Morgan fingerprint density at radius 3 is 2.31 bits per heavy atom. The highest BCUT2D eigenvalue weighted by Crippen LogP contribution is 2.29. The highest BCUT2D eigenvalue weighted by Gasteiger charge is 2.31. The van der Waals surface area contributed by atoms with Gasteiger partial charge >= 0.3 is 0 Å². The van der Waals surface area contributed by atoms with E-state index < -0.39 is 21.5 Å². The van der Waals surface area contributed by atoms with Crippen LogP contribution in [0, 0.1) is 6.92 Å². The van der Waals surface area contributed by atoms with E-state index in [0.29, 0.717) is 11.4 Å². The summed E-state index contributed by atoms with van der Waals surface area (Å²) in [5, 5.41) is 0.883. The maximum atomic E-state index is 13.5. The van der Waals surface area contributed by atoms with E-state index in [9.17, 15) is 18.0 Å². The second-order valence-electron chi connectivity index (χ2n) is 7.01. The molecule has 3 rings (SSSR count). The van der Waals surface area contributed by atoms with Gasteiger partial charge in [0.15, 0.2) is 0 Å². The molecular weight excluding hydrogens is 456 g/mol. The molecule has 9 nitrogen and oxygen atoms in total. The van der Waals surface area contributed by atoms with Gasteiger partial charge in [0, 0.05) is 26.7 Å². The van der Waals surface area contributed by atoms with E-state index in [1.54, 1.807) is 42.9 Å². The number of nitrogens with zero attached hydrogens (tertiary/aromatic N) is 4. The Labute approximate surface area is 191 Å². The molecule has 0 unspecified atom stereocenters. The van der Waals surface area contributed by atoms with Gasteiger partial charge in [0.05, 0.1) is 23.5 Å². The second-order valence-corrected chi connectivity index (χ2v) is 9.36. The van der Waals surface area contributed by atoms with E-state index in [-0.39, 0.29) is 21.2 Å². The quantitative estimate of drug-likeness (QED) is 0.507. The largest absolute Gasteiger partial charge is 0.296 e. The average molecular weight is 479 g/mol. The number of hydrogen-bond acceptors (Lipinski definition) is 5. The fourth-order valence-corrected chi connectivity index (χ4v) is 5.03. The molecule has 0 saturated carbocycles. The minimum Gasteiger partial charge on any atom is -0.283 e. The number of hydroxylamine groups is 2. The van der Waals surface area contributed by atoms with Crippen molar-refractivity contribution in [1.29, 1.82) is 0 Å². The Kier molecular flexibility index (Phi) is 6.49. The highest BCUT2D eigenvalue weighted by molar-refractivity contribution is 7.93. The molecule has 0 aliphatic carbocycles. The van der Waals surface area contributed by atoms with Crippen LogP contribution in [0.5, 0.6) is 0 Å². The van der Waals surface area contributed by atoms with Gasteiger partial charge in [0.25, 0.3) is 21.5 Å². The molecule has 0 saturated heterocycles. The topological polar surface area (TPSA) is 93.8 Å². The normalized spacial score (nSPS) is 11.4. The number of carbonyl (C=O) groups is 1. The lowest BCUT2D eigenvalue weighted by Gasteiger charge is -2.20. The Morgan fingerprint density at radius 2 is 1.72 bits per heavy atom. The van der Waals surface area contributed by atoms with E-state index in [4.69, 9.17) is 16.4 Å². The molecule has 1 heterocycles. The number of amides is 1. The van der Waals surface area contributed by atoms with Crippen molar-refractivity contribution >= 4 is 33.2 Å². The molecule has 170 valence electrons. The number of para-hydroxylation sites is 1. The van der Waals surface area contributed by atoms with Crippen molar-refractivity contribution < 1.29 is 18.0 Å². The molecule has 0 bridgehead atoms. The molecule has 2 aromatic carbocycles. The van der Waals surface area contributed by atoms with E-state index in [1.165, 1.54) is 44.1 Å². The van der Waals surface area contributed by atoms with Crippen LogP contribution in [0.4, 0.5) is 5.69 Å². The van der Waals surface area contributed by atoms with Crippen LogP contribution in [-0.4, -0.2) is 50.0 Å². The van der Waals surface area contributed by atoms with Crippen molar-refractivity contribution in [1.82, 2.24) is 14.4 Å². The Balaban J connectivity index is 2.14. The summed E-state index contributed by atoms with van der Waals surface area (Å²) in [6.45, 7) is 1.65. The van der Waals surface area contributed by atoms with Crippen molar-refractivity contribution in [3.05, 3.63) is 75.2 Å². The summed E-state index contributed by atoms with van der Waals surface area (Å²) in [6, 6.07) is 12.8. The number of rotatable bonds is 6. The fourth-order valence-electron chi connectivity index (χ4n) is 3.28. The highest BCUT2D eigenvalue weighted by atomic mass is 35.5. The van der Waals surface area contributed by atoms with Gasteiger partial charge in [-0.3, -0.25) is 23.4 Å². The average Bonchev–Trinajstić information content (AvgIpc) is 3.00. The summed E-state index contributed by atoms with van der Waals surface area (Å²) in [5.41, 5.74) is 0.556. The first-order valence-electron chi connectivity index (χ1n) is 9.47. The second kappa shape index (κ2) is 8.81. The van der Waals surface area contributed by atoms with E-state index in [0.717, 1.165) is 9.37 Å². The van der Waals surface area contributed by atoms with Crippen molar-refractivity contribution in [3.8, 4) is 5.69 Å². The first-order valence-corrected chi connectivity index (χ1v) is 11.3. The molecular formula is C21H23ClN4O5S. The summed E-state index contributed by atoms with van der Waals surface area (Å²) >= 11 is 6.19. The fraction of sp³-hybridized carbons (Fsp3) is 0.238. The molecule has 0 radical (unpaired) electrons. The van der Waals surface area contributed by atoms with E-state index >= 15 is 0 Å². The van der Waals surface area contributed by atoms with Gasteiger partial charge in [-0.05, 0) is 37.3 Å². The maximum Gasteiger partial charge on any atom is 0.296 e. The zero-order valence-corrected chi connectivity index (χ0v) is 19.8. The minimum absolute atomic E-state index is 0.0295. The summed E-state index contributed by atoms with van der Waals surface area (Å²) in [7, 11) is 1.38. The van der Waals surface area contributed by atoms with Crippen molar-refractivity contribution in [3.63, 3.8) is 0 Å². The first-order chi connectivity index (χ1) is 15.0. The predicted molar refractivity (Wildman–Crippen MR) is 122 cm³/mol. The van der Waals surface area contributed by atoms with Crippen LogP contribution in [-0.2, 0) is 21.9 Å². The molecule has 1 aromatic heterocycles. The third-order valence-corrected chi connectivity index (χ3v) is 7.45. The molecule has 0 spiro atoms. The minimum atomic E-state index is -4.28. The number of hydrogen-bond donors (Lipinski definition) is 0. The van der Waals surface area contributed by atoms with Gasteiger partial charge in [0.2, 0.25) is 0 Å². The van der Waals surface area contributed by atoms with Crippen LogP contribution in [0.1, 0.15) is 16.1 Å². The van der Waals surface area contributed by atoms with Crippen LogP contribution >= 0.6 is 11.6 Å². The molecule has 3 aromatic rings. The first kappa shape index (κ1) is 23.6. The van der Waals surface area contributed by atoms with Crippen molar-refractivity contribution in [2.45, 2.75) is 11.8 Å². The molecule has 0 aliphatic rings. The Bertz CT molecular complexity index is 1330. The molecule has 32 heavy (non-hydrogen) atoms. The van der Waals surface area contributed by atoms with Crippen molar-refractivity contribution in [2.24, 2.45) is 7.05 Å². The lowest BCUT2D eigenvalue weighted by molar-refractivity contribution is -0.0757. The Morgan fingerprint density at radius 1 is 1.09 bits per heavy atom. The van der Waals surface area contributed by atoms with Gasteiger partial charge < -0.3 is 0 Å². The van der Waals surface area contributed by atoms with Crippen LogP contribution in [0.25, 0.3) is 5.69 Å². The van der Waals surface area contributed by atoms with Gasteiger partial charge in [-0.15, -0.1) is 0 Å². The summed E-state index contributed by atoms with van der Waals surface area (Å²) in [6.07, 6.45) is 0. The zero-order valence-electron chi connectivity index (χ0n) is 18.2. The predicted octanol–water partition coefficient (Wildman–Crippen LogP) is 2.60. The molecule has 0 N–H and O–H groups in total. The van der Waals surface area contributed by atoms with Crippen LogP contribution < -0.4 is 9.86 Å². The number of benzene rings is 2. The SMILES string of the molecule is CON(C)C(=O)c1ccc(Cl)c(S(=O)(=O)N(C)c2c(C)n(C)n(-c3ccccc3)c2=O)c1. The van der Waals surface area contributed by atoms with Crippen LogP contribution in [0.2, 0.25) is 5.02 Å². The lowest BCUT2D eigenvalue weighted by atomic mass is 10.2. The third-order valence-electron chi connectivity index (χ3n) is 5.22. The summed E-state index contributed by atoms with van der Waals surface area (Å²) in [5.74, 6) is -0.550. The molecule has 11 heteroatoms. The summed E-state index contributed by atoms with van der Waals surface area (Å²) in [4.78, 5) is 30.2. The summed E-state index contributed by atoms with van der Waals surface area (Å²) < 4.78 is 30.8. The molecule has 0 fully saturated rings. The van der Waals surface area contributed by atoms with Gasteiger partial charge in [-0.2, -0.15) is 0 Å². The smallest absolute Gasteiger partial charge is 0.283 e. The molecule has 0 aliphatic heterocycles. The van der Waals surface area contributed by atoms with Gasteiger partial charge in [-0.25, -0.2) is 18.2 Å². The maximum absolute atomic E-state index is 13.5. The van der Waals surface area contributed by atoms with Gasteiger partial charge in [-0.1, -0.05) is 29.8 Å². The molecule has 0 atom stereocenters. The molecule has 1 amide bonds. The number of halogens is 1. The lowest BCUT2D eigenvalue weighted by Crippen LogP contribution is -2.32. The van der Waals surface area contributed by atoms with Crippen LogP contribution in [0.15, 0.2) is 58.2 Å². The standard InChI is InChI=1S/C21H23ClN4O5S/c1-14-19(21(28)26(23(14)2)16-9-7-6-8-10-16)25(4)32(29,30)18-13-15(11-12-17(18)22)20(27)24(3)31-5/h6-13H,1-5H3. The number of carbonyl (C=O) groups excluding carboxylic acids is 1.